The summed E-state index contributed by atoms with van der Waals surface area (Å²) in [7, 11) is 1.63. The fourth-order valence-electron chi connectivity index (χ4n) is 4.80. The monoisotopic (exact) mass is 432 g/mol. The molecule has 3 heterocycles. The van der Waals surface area contributed by atoms with E-state index in [4.69, 9.17) is 4.74 Å². The van der Waals surface area contributed by atoms with Crippen molar-refractivity contribution in [3.05, 3.63) is 87.6 Å². The van der Waals surface area contributed by atoms with E-state index in [1.165, 1.54) is 5.56 Å². The molecular weight excluding hydrogens is 408 g/mol. The number of amides is 2. The average Bonchev–Trinajstić information content (AvgIpc) is 3.48. The second-order valence-corrected chi connectivity index (χ2v) is 8.86. The van der Waals surface area contributed by atoms with Crippen LogP contribution in [0.2, 0.25) is 0 Å². The molecule has 5 nitrogen and oxygen atoms in total. The van der Waals surface area contributed by atoms with Crippen LogP contribution in [0.4, 0.5) is 5.69 Å². The first-order chi connectivity index (χ1) is 15.2. The summed E-state index contributed by atoms with van der Waals surface area (Å²) in [6.45, 7) is 1.52. The molecule has 3 aromatic rings. The van der Waals surface area contributed by atoms with Crippen LogP contribution in [0.25, 0.3) is 0 Å². The number of thiophene rings is 1. The van der Waals surface area contributed by atoms with Crippen LogP contribution in [0.1, 0.15) is 38.3 Å². The summed E-state index contributed by atoms with van der Waals surface area (Å²) in [4.78, 5) is 32.3. The Morgan fingerprint density at radius 1 is 1.10 bits per heavy atom. The third kappa shape index (κ3) is 3.36. The first-order valence-corrected chi connectivity index (χ1v) is 11.4. The quantitative estimate of drug-likeness (QED) is 0.605. The number of carbonyl (C=O) groups excluding carboxylic acids is 2. The number of methoxy groups -OCH3 is 1. The van der Waals surface area contributed by atoms with Crippen molar-refractivity contribution in [3.63, 3.8) is 0 Å². The van der Waals surface area contributed by atoms with Crippen molar-refractivity contribution in [2.24, 2.45) is 0 Å². The third-order valence-corrected chi connectivity index (χ3v) is 7.17. The highest BCUT2D eigenvalue weighted by atomic mass is 32.1. The number of hydrogen-bond acceptors (Lipinski definition) is 4. The standard InChI is InChI=1S/C25H24N2O3S/c1-30-15-14-27-23(21-11-6-16-31-21)22(18-8-3-4-9-19(18)24(27)28)25(29)26-13-12-17-7-2-5-10-20(17)26/h2-11,16,22-23H,12-15H2,1H3. The lowest BCUT2D eigenvalue weighted by Gasteiger charge is -2.42. The van der Waals surface area contributed by atoms with Gasteiger partial charge in [0.05, 0.1) is 18.6 Å². The zero-order valence-corrected chi connectivity index (χ0v) is 18.2. The molecule has 2 unspecified atom stereocenters. The van der Waals surface area contributed by atoms with Gasteiger partial charge >= 0.3 is 0 Å². The van der Waals surface area contributed by atoms with Gasteiger partial charge in [-0.2, -0.15) is 0 Å². The smallest absolute Gasteiger partial charge is 0.254 e. The second-order valence-electron chi connectivity index (χ2n) is 7.89. The van der Waals surface area contributed by atoms with Gasteiger partial charge in [0.15, 0.2) is 0 Å². The van der Waals surface area contributed by atoms with Gasteiger partial charge in [0, 0.05) is 36.3 Å². The van der Waals surface area contributed by atoms with Crippen molar-refractivity contribution >= 4 is 28.8 Å². The summed E-state index contributed by atoms with van der Waals surface area (Å²) < 4.78 is 5.30. The van der Waals surface area contributed by atoms with E-state index < -0.39 is 5.92 Å². The minimum atomic E-state index is -0.462. The molecule has 0 spiro atoms. The van der Waals surface area contributed by atoms with Gasteiger partial charge in [-0.1, -0.05) is 42.5 Å². The highest BCUT2D eigenvalue weighted by Crippen LogP contribution is 2.46. The van der Waals surface area contributed by atoms with E-state index in [0.717, 1.165) is 22.5 Å². The number of carbonyl (C=O) groups is 2. The Labute approximate surface area is 185 Å². The predicted molar refractivity (Wildman–Crippen MR) is 122 cm³/mol. The second kappa shape index (κ2) is 8.29. The first kappa shape index (κ1) is 20.0. The summed E-state index contributed by atoms with van der Waals surface area (Å²) in [6, 6.07) is 19.3. The van der Waals surface area contributed by atoms with E-state index in [9.17, 15) is 9.59 Å². The summed E-state index contributed by atoms with van der Waals surface area (Å²) in [5, 5.41) is 2.00. The van der Waals surface area contributed by atoms with E-state index in [0.29, 0.717) is 25.3 Å². The molecule has 2 aromatic carbocycles. The Kier molecular flexibility index (Phi) is 5.34. The first-order valence-electron chi connectivity index (χ1n) is 10.5. The highest BCUT2D eigenvalue weighted by molar-refractivity contribution is 7.10. The molecule has 1 aromatic heterocycles. The van der Waals surface area contributed by atoms with Crippen LogP contribution in [0.15, 0.2) is 66.0 Å². The molecule has 2 amide bonds. The molecule has 0 bridgehead atoms. The van der Waals surface area contributed by atoms with Gasteiger partial charge in [0.25, 0.3) is 5.91 Å². The minimum absolute atomic E-state index is 0.0445. The lowest BCUT2D eigenvalue weighted by Crippen LogP contribution is -2.49. The number of para-hydroxylation sites is 1. The summed E-state index contributed by atoms with van der Waals surface area (Å²) in [6.07, 6.45) is 0.853. The van der Waals surface area contributed by atoms with Crippen molar-refractivity contribution in [2.45, 2.75) is 18.4 Å². The Morgan fingerprint density at radius 3 is 2.71 bits per heavy atom. The molecule has 0 N–H and O–H groups in total. The van der Waals surface area contributed by atoms with Gasteiger partial charge in [0.1, 0.15) is 0 Å². The molecule has 2 atom stereocenters. The Hall–Kier alpha value is -2.96. The van der Waals surface area contributed by atoms with Crippen LogP contribution in [0, 0.1) is 0 Å². The molecule has 2 aliphatic rings. The van der Waals surface area contributed by atoms with Crippen molar-refractivity contribution < 1.29 is 14.3 Å². The molecule has 31 heavy (non-hydrogen) atoms. The van der Waals surface area contributed by atoms with Gasteiger partial charge < -0.3 is 14.5 Å². The fourth-order valence-corrected chi connectivity index (χ4v) is 5.68. The largest absolute Gasteiger partial charge is 0.383 e. The highest BCUT2D eigenvalue weighted by Gasteiger charge is 2.46. The molecule has 2 aliphatic heterocycles. The van der Waals surface area contributed by atoms with E-state index in [2.05, 4.69) is 6.07 Å². The molecule has 0 saturated heterocycles. The van der Waals surface area contributed by atoms with E-state index >= 15 is 0 Å². The van der Waals surface area contributed by atoms with Gasteiger partial charge in [-0.25, -0.2) is 0 Å². The number of anilines is 1. The van der Waals surface area contributed by atoms with Crippen LogP contribution < -0.4 is 4.90 Å². The maximum atomic E-state index is 14.1. The van der Waals surface area contributed by atoms with Crippen molar-refractivity contribution in [2.75, 3.05) is 31.7 Å². The number of rotatable bonds is 5. The molecule has 5 rings (SSSR count). The van der Waals surface area contributed by atoms with Crippen molar-refractivity contribution in [3.8, 4) is 0 Å². The Bertz CT molecular complexity index is 1110. The van der Waals surface area contributed by atoms with Crippen LogP contribution in [-0.4, -0.2) is 43.5 Å². The maximum Gasteiger partial charge on any atom is 0.254 e. The van der Waals surface area contributed by atoms with Gasteiger partial charge in [0.2, 0.25) is 5.91 Å². The normalized spacial score (nSPS) is 20.0. The third-order valence-electron chi connectivity index (χ3n) is 6.23. The SMILES string of the molecule is COCCN1C(=O)c2ccccc2C(C(=O)N2CCc3ccccc32)C1c1cccs1. The fraction of sp³-hybridized carbons (Fsp3) is 0.280. The number of hydrogen-bond donors (Lipinski definition) is 0. The lowest BCUT2D eigenvalue weighted by molar-refractivity contribution is -0.121. The molecular formula is C25H24N2O3S. The summed E-state index contributed by atoms with van der Waals surface area (Å²) in [5.41, 5.74) is 3.60. The molecule has 6 heteroatoms. The van der Waals surface area contributed by atoms with Gasteiger partial charge in [-0.15, -0.1) is 11.3 Å². The zero-order chi connectivity index (χ0) is 21.4. The zero-order valence-electron chi connectivity index (χ0n) is 17.4. The molecule has 158 valence electrons. The number of nitrogens with zero attached hydrogens (tertiary/aromatic N) is 2. The number of benzene rings is 2. The average molecular weight is 433 g/mol. The minimum Gasteiger partial charge on any atom is -0.383 e. The summed E-state index contributed by atoms with van der Waals surface area (Å²) in [5.74, 6) is -0.460. The lowest BCUT2D eigenvalue weighted by atomic mass is 9.81. The maximum absolute atomic E-state index is 14.1. The van der Waals surface area contributed by atoms with Crippen molar-refractivity contribution in [1.29, 1.82) is 0 Å². The van der Waals surface area contributed by atoms with E-state index in [1.807, 2.05) is 69.8 Å². The van der Waals surface area contributed by atoms with Crippen molar-refractivity contribution in [1.82, 2.24) is 4.90 Å². The topological polar surface area (TPSA) is 49.9 Å². The summed E-state index contributed by atoms with van der Waals surface area (Å²) >= 11 is 1.59. The van der Waals surface area contributed by atoms with Gasteiger partial charge in [-0.05, 0) is 41.1 Å². The Morgan fingerprint density at radius 2 is 1.90 bits per heavy atom. The predicted octanol–water partition coefficient (Wildman–Crippen LogP) is 4.26. The van der Waals surface area contributed by atoms with Gasteiger partial charge in [-0.3, -0.25) is 9.59 Å². The van der Waals surface area contributed by atoms with Crippen LogP contribution in [0.3, 0.4) is 0 Å². The molecule has 0 aliphatic carbocycles. The molecule has 0 radical (unpaired) electrons. The van der Waals surface area contributed by atoms with Crippen LogP contribution in [0.5, 0.6) is 0 Å². The Balaban J connectivity index is 1.64. The van der Waals surface area contributed by atoms with E-state index in [1.54, 1.807) is 18.4 Å². The molecule has 0 saturated carbocycles. The van der Waals surface area contributed by atoms with E-state index in [-0.39, 0.29) is 17.9 Å². The number of ether oxygens (including phenoxy) is 1. The van der Waals surface area contributed by atoms with Crippen LogP contribution in [-0.2, 0) is 16.0 Å². The molecule has 0 fully saturated rings. The number of fused-ring (bicyclic) bond motifs is 2. The van der Waals surface area contributed by atoms with Crippen LogP contribution >= 0.6 is 11.3 Å².